The number of hydrogen-bond donors (Lipinski definition) is 1. The molecule has 5 heteroatoms. The minimum Gasteiger partial charge on any atom is -0.455 e. The van der Waals surface area contributed by atoms with Crippen LogP contribution in [0.15, 0.2) is 71.6 Å². The van der Waals surface area contributed by atoms with E-state index in [0.717, 1.165) is 60.4 Å². The maximum Gasteiger partial charge on any atom is 0.150 e. The zero-order valence-corrected chi connectivity index (χ0v) is 16.9. The first-order chi connectivity index (χ1) is 14.3. The summed E-state index contributed by atoms with van der Waals surface area (Å²) in [6, 6.07) is 19.3. The van der Waals surface area contributed by atoms with Crippen molar-refractivity contribution in [1.82, 2.24) is 0 Å². The third-order valence-electron chi connectivity index (χ3n) is 5.67. The monoisotopic (exact) mass is 408 g/mol. The number of benzene rings is 2. The Balaban J connectivity index is 1.66. The van der Waals surface area contributed by atoms with Gasteiger partial charge in [-0.2, -0.15) is 0 Å². The fourth-order valence-corrected chi connectivity index (χ4v) is 4.99. The van der Waals surface area contributed by atoms with Gasteiger partial charge in [0.2, 0.25) is 0 Å². The molecular formula is C24H23FNO2S+. The molecule has 2 aliphatic heterocycles. The number of ether oxygens (including phenoxy) is 2. The Hall–Kier alpha value is -2.47. The van der Waals surface area contributed by atoms with Crippen LogP contribution in [0.1, 0.15) is 21.9 Å². The highest BCUT2D eigenvalue weighted by Gasteiger charge is 2.34. The number of nitrogens with one attached hydrogen (secondary N) is 1. The van der Waals surface area contributed by atoms with Crippen molar-refractivity contribution in [2.75, 3.05) is 32.8 Å². The van der Waals surface area contributed by atoms with E-state index in [4.69, 9.17) is 9.47 Å². The maximum absolute atomic E-state index is 13.7. The van der Waals surface area contributed by atoms with E-state index in [9.17, 15) is 4.39 Å². The second-order valence-corrected chi connectivity index (χ2v) is 8.44. The standard InChI is InChI=1S/C24H22FNO2S/c25-18-9-7-17(8-10-18)23-19-4-1-2-5-21(19)28-24(22-6-3-15-29-22)20(23)16-26-11-13-27-14-12-26/h1-10,15,23H,11-14,16H2/p+1. The summed E-state index contributed by atoms with van der Waals surface area (Å²) in [6.07, 6.45) is 0. The molecule has 5 rings (SSSR count). The lowest BCUT2D eigenvalue weighted by Crippen LogP contribution is -3.14. The maximum atomic E-state index is 13.7. The predicted octanol–water partition coefficient (Wildman–Crippen LogP) is 3.74. The molecule has 3 aromatic rings. The zero-order valence-electron chi connectivity index (χ0n) is 16.1. The molecule has 0 aliphatic carbocycles. The van der Waals surface area contributed by atoms with Crippen molar-refractivity contribution in [2.24, 2.45) is 0 Å². The highest BCUT2D eigenvalue weighted by Crippen LogP contribution is 2.45. The molecule has 29 heavy (non-hydrogen) atoms. The molecule has 3 heterocycles. The largest absolute Gasteiger partial charge is 0.455 e. The molecular weight excluding hydrogens is 385 g/mol. The number of fused-ring (bicyclic) bond motifs is 1. The highest BCUT2D eigenvalue weighted by atomic mass is 32.1. The third kappa shape index (κ3) is 3.73. The van der Waals surface area contributed by atoms with Crippen molar-refractivity contribution < 1.29 is 18.8 Å². The van der Waals surface area contributed by atoms with Gasteiger partial charge in [0, 0.05) is 17.1 Å². The lowest BCUT2D eigenvalue weighted by atomic mass is 9.81. The van der Waals surface area contributed by atoms with Gasteiger partial charge in [0.15, 0.2) is 0 Å². The molecule has 1 aromatic heterocycles. The van der Waals surface area contributed by atoms with Gasteiger partial charge in [0.25, 0.3) is 0 Å². The minimum absolute atomic E-state index is 0.0491. The number of quaternary nitrogens is 1. The van der Waals surface area contributed by atoms with E-state index >= 15 is 0 Å². The van der Waals surface area contributed by atoms with Gasteiger partial charge >= 0.3 is 0 Å². The average Bonchev–Trinajstić information content (AvgIpc) is 3.30. The second-order valence-electron chi connectivity index (χ2n) is 7.50. The highest BCUT2D eigenvalue weighted by molar-refractivity contribution is 7.11. The summed E-state index contributed by atoms with van der Waals surface area (Å²) >= 11 is 1.69. The minimum atomic E-state index is -0.211. The molecule has 1 atom stereocenters. The van der Waals surface area contributed by atoms with E-state index in [2.05, 4.69) is 23.6 Å². The Bertz CT molecular complexity index is 1010. The summed E-state index contributed by atoms with van der Waals surface area (Å²) in [6.45, 7) is 4.43. The molecule has 1 fully saturated rings. The third-order valence-corrected chi connectivity index (χ3v) is 6.54. The van der Waals surface area contributed by atoms with Crippen molar-refractivity contribution >= 4 is 17.1 Å². The molecule has 1 unspecified atom stereocenters. The first-order valence-corrected chi connectivity index (χ1v) is 10.9. The molecule has 0 bridgehead atoms. The quantitative estimate of drug-likeness (QED) is 0.711. The molecule has 1 saturated heterocycles. The summed E-state index contributed by atoms with van der Waals surface area (Å²) in [4.78, 5) is 2.63. The normalized spacial score (nSPS) is 19.7. The molecule has 0 amide bonds. The van der Waals surface area contributed by atoms with Gasteiger partial charge in [-0.1, -0.05) is 36.4 Å². The first kappa shape index (κ1) is 18.6. The van der Waals surface area contributed by atoms with Gasteiger partial charge < -0.3 is 14.4 Å². The summed E-state index contributed by atoms with van der Waals surface area (Å²) in [5.41, 5.74) is 3.50. The van der Waals surface area contributed by atoms with E-state index in [1.165, 1.54) is 10.5 Å². The van der Waals surface area contributed by atoms with Gasteiger partial charge in [-0.05, 0) is 35.2 Å². The molecule has 3 nitrogen and oxygen atoms in total. The number of hydrogen-bond acceptors (Lipinski definition) is 3. The molecule has 0 spiro atoms. The topological polar surface area (TPSA) is 22.9 Å². The van der Waals surface area contributed by atoms with Crippen molar-refractivity contribution in [1.29, 1.82) is 0 Å². The number of halogens is 1. The van der Waals surface area contributed by atoms with Crippen LogP contribution >= 0.6 is 11.3 Å². The number of thiophene rings is 1. The number of para-hydroxylation sites is 1. The fraction of sp³-hybridized carbons (Fsp3) is 0.250. The summed E-state index contributed by atoms with van der Waals surface area (Å²) in [5.74, 6) is 1.67. The van der Waals surface area contributed by atoms with Crippen LogP contribution in [0.5, 0.6) is 5.75 Å². The van der Waals surface area contributed by atoms with E-state index in [0.29, 0.717) is 0 Å². The van der Waals surface area contributed by atoms with Gasteiger partial charge in [-0.3, -0.25) is 0 Å². The number of rotatable bonds is 4. The Kier molecular flexibility index (Phi) is 5.19. The smallest absolute Gasteiger partial charge is 0.150 e. The van der Waals surface area contributed by atoms with Crippen LogP contribution in [0.3, 0.4) is 0 Å². The lowest BCUT2D eigenvalue weighted by molar-refractivity contribution is -0.903. The molecule has 2 aliphatic rings. The van der Waals surface area contributed by atoms with Crippen LogP contribution in [0.4, 0.5) is 4.39 Å². The van der Waals surface area contributed by atoms with Gasteiger partial charge in [-0.25, -0.2) is 4.39 Å². The molecule has 148 valence electrons. The summed E-state index contributed by atoms with van der Waals surface area (Å²) < 4.78 is 25.7. The van der Waals surface area contributed by atoms with E-state index in [-0.39, 0.29) is 11.7 Å². The Morgan fingerprint density at radius 1 is 0.966 bits per heavy atom. The van der Waals surface area contributed by atoms with Crippen LogP contribution in [0, 0.1) is 5.82 Å². The Morgan fingerprint density at radius 2 is 1.76 bits per heavy atom. The van der Waals surface area contributed by atoms with E-state index < -0.39 is 0 Å². The lowest BCUT2D eigenvalue weighted by Gasteiger charge is -2.33. The molecule has 0 saturated carbocycles. The van der Waals surface area contributed by atoms with E-state index in [1.807, 2.05) is 30.3 Å². The van der Waals surface area contributed by atoms with Crippen LogP contribution < -0.4 is 9.64 Å². The fourth-order valence-electron chi connectivity index (χ4n) is 4.25. The van der Waals surface area contributed by atoms with Crippen molar-refractivity contribution in [2.45, 2.75) is 5.92 Å². The zero-order chi connectivity index (χ0) is 19.6. The van der Waals surface area contributed by atoms with Crippen LogP contribution in [-0.2, 0) is 4.74 Å². The van der Waals surface area contributed by atoms with Gasteiger partial charge in [0.05, 0.1) is 18.1 Å². The number of morpholine rings is 1. The summed E-state index contributed by atoms with van der Waals surface area (Å²) in [5, 5.41) is 2.08. The van der Waals surface area contributed by atoms with Crippen LogP contribution in [-0.4, -0.2) is 32.8 Å². The van der Waals surface area contributed by atoms with Crippen LogP contribution in [0.25, 0.3) is 5.76 Å². The van der Waals surface area contributed by atoms with Gasteiger partial charge in [0.1, 0.15) is 37.0 Å². The predicted molar refractivity (Wildman–Crippen MR) is 113 cm³/mol. The SMILES string of the molecule is Fc1ccc(C2C(C[NH+]3CCOCC3)=C(c3cccs3)Oc3ccccc32)cc1. The molecule has 0 radical (unpaired) electrons. The Labute approximate surface area is 174 Å². The molecule has 2 aromatic carbocycles. The van der Waals surface area contributed by atoms with Gasteiger partial charge in [-0.15, -0.1) is 11.3 Å². The Morgan fingerprint density at radius 3 is 2.52 bits per heavy atom. The second kappa shape index (κ2) is 8.11. The van der Waals surface area contributed by atoms with E-state index in [1.54, 1.807) is 23.5 Å². The summed E-state index contributed by atoms with van der Waals surface area (Å²) in [7, 11) is 0. The van der Waals surface area contributed by atoms with Crippen LogP contribution in [0.2, 0.25) is 0 Å². The van der Waals surface area contributed by atoms with Crippen molar-refractivity contribution in [3.63, 3.8) is 0 Å². The van der Waals surface area contributed by atoms with Crippen molar-refractivity contribution in [3.8, 4) is 5.75 Å². The molecule has 1 N–H and O–H groups in total. The van der Waals surface area contributed by atoms with Crippen molar-refractivity contribution in [3.05, 3.63) is 93.4 Å². The first-order valence-electron chi connectivity index (χ1n) is 10.00. The average molecular weight is 409 g/mol.